The maximum atomic E-state index is 11.7. The number of esters is 2. The Hall–Kier alpha value is -1.10. The largest absolute Gasteiger partial charge is 0.466 e. The Morgan fingerprint density at radius 1 is 1.35 bits per heavy atom. The van der Waals surface area contributed by atoms with Crippen molar-refractivity contribution in [3.05, 3.63) is 0 Å². The fourth-order valence-corrected chi connectivity index (χ4v) is 2.84. The van der Waals surface area contributed by atoms with Crippen LogP contribution in [0.3, 0.4) is 0 Å². The van der Waals surface area contributed by atoms with Crippen LogP contribution in [-0.2, 0) is 19.1 Å². The van der Waals surface area contributed by atoms with Crippen molar-refractivity contribution in [2.75, 3.05) is 7.11 Å². The Kier molecular flexibility index (Phi) is 3.38. The van der Waals surface area contributed by atoms with E-state index < -0.39 is 23.5 Å². The first-order chi connectivity index (χ1) is 8.10. The molecule has 2 rings (SSSR count). The lowest BCUT2D eigenvalue weighted by molar-refractivity contribution is -0.175. The first kappa shape index (κ1) is 12.4. The lowest BCUT2D eigenvalue weighted by atomic mass is 9.79. The number of hydrogen-bond acceptors (Lipinski definition) is 5. The first-order valence-electron chi connectivity index (χ1n) is 6.12. The molecule has 1 saturated carbocycles. The third-order valence-electron chi connectivity index (χ3n) is 3.81. The van der Waals surface area contributed by atoms with Crippen molar-refractivity contribution in [3.63, 3.8) is 0 Å². The number of aliphatic hydroxyl groups is 1. The van der Waals surface area contributed by atoms with E-state index in [1.165, 1.54) is 7.11 Å². The molecule has 1 aliphatic heterocycles. The molecule has 0 amide bonds. The summed E-state index contributed by atoms with van der Waals surface area (Å²) < 4.78 is 9.69. The van der Waals surface area contributed by atoms with Crippen LogP contribution in [0.15, 0.2) is 0 Å². The third kappa shape index (κ3) is 1.92. The van der Waals surface area contributed by atoms with Gasteiger partial charge in [-0.25, -0.2) is 9.59 Å². The molecular formula is C12H18O5. The van der Waals surface area contributed by atoms with E-state index in [4.69, 9.17) is 4.74 Å². The van der Waals surface area contributed by atoms with E-state index in [0.29, 0.717) is 6.42 Å². The second-order valence-electron chi connectivity index (χ2n) is 4.80. The second-order valence-corrected chi connectivity index (χ2v) is 4.80. The molecule has 96 valence electrons. The summed E-state index contributed by atoms with van der Waals surface area (Å²) in [6.45, 7) is 0. The maximum Gasteiger partial charge on any atom is 0.350 e. The maximum absolute atomic E-state index is 11.7. The summed E-state index contributed by atoms with van der Waals surface area (Å²) in [5.41, 5.74) is -2.09. The molecule has 5 heteroatoms. The van der Waals surface area contributed by atoms with Gasteiger partial charge in [-0.2, -0.15) is 0 Å². The van der Waals surface area contributed by atoms with Crippen LogP contribution < -0.4 is 0 Å². The lowest BCUT2D eigenvalue weighted by Crippen LogP contribution is -2.50. The predicted molar refractivity (Wildman–Crippen MR) is 58.0 cm³/mol. The van der Waals surface area contributed by atoms with Crippen LogP contribution in [0.4, 0.5) is 0 Å². The van der Waals surface area contributed by atoms with Crippen molar-refractivity contribution >= 4 is 11.9 Å². The van der Waals surface area contributed by atoms with Gasteiger partial charge in [-0.05, 0) is 19.3 Å². The zero-order valence-electron chi connectivity index (χ0n) is 9.98. The minimum atomic E-state index is -2.09. The molecule has 0 aromatic rings. The number of carbonyl (C=O) groups is 2. The predicted octanol–water partition coefficient (Wildman–Crippen LogP) is 0.786. The fourth-order valence-electron chi connectivity index (χ4n) is 2.84. The van der Waals surface area contributed by atoms with Crippen molar-refractivity contribution < 1.29 is 24.2 Å². The number of hydrogen-bond donors (Lipinski definition) is 1. The van der Waals surface area contributed by atoms with Gasteiger partial charge in [0, 0.05) is 5.92 Å². The van der Waals surface area contributed by atoms with Crippen LogP contribution >= 0.6 is 0 Å². The average Bonchev–Trinajstić information content (AvgIpc) is 2.52. The molecule has 0 aromatic heterocycles. The standard InChI is InChI=1S/C12H18O5/c1-16-10(13)12(15)8-6-4-2-3-5-7-9(8)17-11(12)14/h8-9,15H,2-7H2,1H3/t8-,9-,12+/m1/s1. The summed E-state index contributed by atoms with van der Waals surface area (Å²) in [4.78, 5) is 23.3. The Morgan fingerprint density at radius 2 is 2.00 bits per heavy atom. The lowest BCUT2D eigenvalue weighted by Gasteiger charge is -2.26. The summed E-state index contributed by atoms with van der Waals surface area (Å²) in [6, 6.07) is 0. The quantitative estimate of drug-likeness (QED) is 0.543. The van der Waals surface area contributed by atoms with Crippen LogP contribution in [0.25, 0.3) is 0 Å². The average molecular weight is 242 g/mol. The van der Waals surface area contributed by atoms with Gasteiger partial charge in [0.25, 0.3) is 5.60 Å². The van der Waals surface area contributed by atoms with Crippen LogP contribution in [0, 0.1) is 5.92 Å². The molecule has 1 saturated heterocycles. The molecule has 2 aliphatic rings. The Morgan fingerprint density at radius 3 is 2.65 bits per heavy atom. The fraction of sp³-hybridized carbons (Fsp3) is 0.833. The SMILES string of the molecule is COC(=O)[C@]1(O)C(=O)O[C@@H]2CCCCCC[C@H]21. The van der Waals surface area contributed by atoms with Gasteiger partial charge in [-0.3, -0.25) is 0 Å². The summed E-state index contributed by atoms with van der Waals surface area (Å²) >= 11 is 0. The molecule has 2 fully saturated rings. The highest BCUT2D eigenvalue weighted by atomic mass is 16.6. The summed E-state index contributed by atoms with van der Waals surface area (Å²) in [7, 11) is 1.17. The van der Waals surface area contributed by atoms with E-state index in [-0.39, 0.29) is 6.10 Å². The number of rotatable bonds is 1. The molecule has 0 aromatic carbocycles. The minimum Gasteiger partial charge on any atom is -0.466 e. The molecule has 1 aliphatic carbocycles. The van der Waals surface area contributed by atoms with Gasteiger partial charge in [0.2, 0.25) is 0 Å². The van der Waals surface area contributed by atoms with Gasteiger partial charge in [0.1, 0.15) is 6.10 Å². The monoisotopic (exact) mass is 242 g/mol. The van der Waals surface area contributed by atoms with Gasteiger partial charge in [0.05, 0.1) is 7.11 Å². The Labute approximate surface area is 100 Å². The minimum absolute atomic E-state index is 0.341. The molecule has 1 N–H and O–H groups in total. The number of methoxy groups -OCH3 is 1. The van der Waals surface area contributed by atoms with E-state index in [1.54, 1.807) is 0 Å². The molecule has 1 heterocycles. The first-order valence-corrected chi connectivity index (χ1v) is 6.12. The second kappa shape index (κ2) is 4.64. The topological polar surface area (TPSA) is 72.8 Å². The van der Waals surface area contributed by atoms with E-state index in [0.717, 1.165) is 32.1 Å². The van der Waals surface area contributed by atoms with Crippen molar-refractivity contribution in [2.45, 2.75) is 50.2 Å². The van der Waals surface area contributed by atoms with Gasteiger partial charge in [-0.15, -0.1) is 0 Å². The van der Waals surface area contributed by atoms with Crippen molar-refractivity contribution in [2.24, 2.45) is 5.92 Å². The molecular weight excluding hydrogens is 224 g/mol. The van der Waals surface area contributed by atoms with Gasteiger partial charge >= 0.3 is 11.9 Å². The Bertz CT molecular complexity index is 327. The zero-order valence-corrected chi connectivity index (χ0v) is 9.98. The molecule has 0 bridgehead atoms. The summed E-state index contributed by atoms with van der Waals surface area (Å²) in [6.07, 6.45) is 5.04. The van der Waals surface area contributed by atoms with Gasteiger partial charge in [-0.1, -0.05) is 19.3 Å². The molecule has 0 unspecified atom stereocenters. The van der Waals surface area contributed by atoms with Crippen molar-refractivity contribution in [1.29, 1.82) is 0 Å². The number of fused-ring (bicyclic) bond motifs is 1. The smallest absolute Gasteiger partial charge is 0.350 e. The molecule has 5 nitrogen and oxygen atoms in total. The highest BCUT2D eigenvalue weighted by Gasteiger charge is 2.62. The molecule has 3 atom stereocenters. The molecule has 0 radical (unpaired) electrons. The summed E-state index contributed by atoms with van der Waals surface area (Å²) in [5, 5.41) is 10.3. The molecule has 17 heavy (non-hydrogen) atoms. The van der Waals surface area contributed by atoms with Gasteiger partial charge < -0.3 is 14.6 Å². The van der Waals surface area contributed by atoms with Crippen LogP contribution in [0.1, 0.15) is 38.5 Å². The highest BCUT2D eigenvalue weighted by molar-refractivity contribution is 6.05. The van der Waals surface area contributed by atoms with Crippen molar-refractivity contribution in [3.8, 4) is 0 Å². The van der Waals surface area contributed by atoms with Crippen LogP contribution in [0.5, 0.6) is 0 Å². The van der Waals surface area contributed by atoms with Crippen LogP contribution in [-0.4, -0.2) is 35.9 Å². The van der Waals surface area contributed by atoms with E-state index in [2.05, 4.69) is 4.74 Å². The zero-order chi connectivity index (χ0) is 12.5. The van der Waals surface area contributed by atoms with E-state index >= 15 is 0 Å². The highest BCUT2D eigenvalue weighted by Crippen LogP contribution is 2.40. The third-order valence-corrected chi connectivity index (χ3v) is 3.81. The summed E-state index contributed by atoms with van der Waals surface area (Å²) in [5.74, 6) is -2.19. The van der Waals surface area contributed by atoms with E-state index in [1.807, 2.05) is 0 Å². The number of carbonyl (C=O) groups excluding carboxylic acids is 2. The van der Waals surface area contributed by atoms with Crippen LogP contribution in [0.2, 0.25) is 0 Å². The number of ether oxygens (including phenoxy) is 2. The van der Waals surface area contributed by atoms with Gasteiger partial charge in [0.15, 0.2) is 0 Å². The molecule has 0 spiro atoms. The Balaban J connectivity index is 2.25. The normalized spacial score (nSPS) is 37.6. The van der Waals surface area contributed by atoms with Crippen molar-refractivity contribution in [1.82, 2.24) is 0 Å². The van der Waals surface area contributed by atoms with E-state index in [9.17, 15) is 14.7 Å².